The van der Waals surface area contributed by atoms with Gasteiger partial charge in [-0.25, -0.2) is 18.2 Å². The number of rotatable bonds is 6. The maximum Gasteiger partial charge on any atom is 0.309 e. The number of hydrogen-bond donors (Lipinski definition) is 4. The molecule has 2 aromatic heterocycles. The molecule has 0 bridgehead atoms. The fraction of sp³-hybridized carbons (Fsp3) is 0.333. The van der Waals surface area contributed by atoms with Crippen LogP contribution in [0.25, 0.3) is 11.3 Å². The number of nitrogens with zero attached hydrogens (tertiary/aromatic N) is 2. The summed E-state index contributed by atoms with van der Waals surface area (Å²) in [5.41, 5.74) is -2.67. The summed E-state index contributed by atoms with van der Waals surface area (Å²) in [5.74, 6) is -7.28. The van der Waals surface area contributed by atoms with Gasteiger partial charge in [0.15, 0.2) is 0 Å². The average Bonchev–Trinajstić information content (AvgIpc) is 2.87. The fourth-order valence-electron chi connectivity index (χ4n) is 5.19. The maximum absolute atomic E-state index is 14.4. The van der Waals surface area contributed by atoms with E-state index in [1.807, 2.05) is 0 Å². The Morgan fingerprint density at radius 3 is 2.39 bits per heavy atom. The molecule has 1 amide bonds. The van der Waals surface area contributed by atoms with Crippen LogP contribution in [0.4, 0.5) is 18.9 Å². The molecular formula is C27H26F3N3O5. The Bertz CT molecular complexity index is 1350. The first kappa shape index (κ1) is 27.2. The molecule has 2 heterocycles. The molecule has 0 aliphatic heterocycles. The number of aliphatic hydroxyl groups excluding tert-OH is 1. The van der Waals surface area contributed by atoms with Gasteiger partial charge in [-0.1, -0.05) is 13.0 Å². The highest BCUT2D eigenvalue weighted by Gasteiger charge is 2.52. The second kappa shape index (κ2) is 10.5. The third-order valence-electron chi connectivity index (χ3n) is 7.35. The van der Waals surface area contributed by atoms with Gasteiger partial charge in [0.1, 0.15) is 34.4 Å². The van der Waals surface area contributed by atoms with E-state index in [4.69, 9.17) is 0 Å². The smallest absolute Gasteiger partial charge is 0.309 e. The van der Waals surface area contributed by atoms with Gasteiger partial charge in [-0.3, -0.25) is 14.6 Å². The van der Waals surface area contributed by atoms with Crippen LogP contribution in [0.3, 0.4) is 0 Å². The molecule has 4 N–H and O–H groups in total. The number of aliphatic carboxylic acids is 1. The minimum Gasteiger partial charge on any atom is -0.481 e. The Morgan fingerprint density at radius 2 is 1.76 bits per heavy atom. The summed E-state index contributed by atoms with van der Waals surface area (Å²) in [6, 6.07) is 6.61. The zero-order chi connectivity index (χ0) is 27.8. The van der Waals surface area contributed by atoms with Gasteiger partial charge < -0.3 is 20.6 Å². The van der Waals surface area contributed by atoms with Crippen molar-refractivity contribution in [2.24, 2.45) is 11.8 Å². The standard InChI is InChI=1S/C27H26F3N3O5/c1-13-10-15(11-22(34)27(13,38)14(2)26(36)37)16-8-9-31-12-21(16)33-25(35)20-7-6-19(30)24(32-20)23-17(28)4-3-5-18(23)29/h3-9,12-15,22,34,38H,10-11H2,1-2H3,(H,33,35)(H,36,37)/t13-,14?,15+,22+,27-/m0/s1. The lowest BCUT2D eigenvalue weighted by molar-refractivity contribution is -0.185. The van der Waals surface area contributed by atoms with Crippen LogP contribution in [0.15, 0.2) is 48.8 Å². The number of carbonyl (C=O) groups excluding carboxylic acids is 1. The summed E-state index contributed by atoms with van der Waals surface area (Å²) < 4.78 is 42.9. The van der Waals surface area contributed by atoms with Gasteiger partial charge in [0, 0.05) is 6.20 Å². The number of carboxylic acid groups (broad SMARTS) is 1. The van der Waals surface area contributed by atoms with Crippen molar-refractivity contribution in [3.05, 3.63) is 77.5 Å². The van der Waals surface area contributed by atoms with Crippen LogP contribution in [0.5, 0.6) is 0 Å². The van der Waals surface area contributed by atoms with Crippen LogP contribution in [-0.2, 0) is 4.79 Å². The Morgan fingerprint density at radius 1 is 1.08 bits per heavy atom. The quantitative estimate of drug-likeness (QED) is 0.377. The maximum atomic E-state index is 14.4. The highest BCUT2D eigenvalue weighted by molar-refractivity contribution is 6.03. The topological polar surface area (TPSA) is 133 Å². The third kappa shape index (κ3) is 4.86. The van der Waals surface area contributed by atoms with Gasteiger partial charge in [0.05, 0.1) is 29.5 Å². The monoisotopic (exact) mass is 529 g/mol. The van der Waals surface area contributed by atoms with Gasteiger partial charge in [-0.15, -0.1) is 0 Å². The molecule has 1 saturated carbocycles. The fourth-order valence-corrected chi connectivity index (χ4v) is 5.19. The summed E-state index contributed by atoms with van der Waals surface area (Å²) in [4.78, 5) is 32.5. The van der Waals surface area contributed by atoms with E-state index < -0.39 is 64.1 Å². The number of halogens is 3. The highest BCUT2D eigenvalue weighted by atomic mass is 19.1. The average molecular weight is 530 g/mol. The largest absolute Gasteiger partial charge is 0.481 e. The number of aromatic nitrogens is 2. The van der Waals surface area contributed by atoms with E-state index in [-0.39, 0.29) is 23.7 Å². The summed E-state index contributed by atoms with van der Waals surface area (Å²) in [6.45, 7) is 3.00. The van der Waals surface area contributed by atoms with Crippen LogP contribution >= 0.6 is 0 Å². The van der Waals surface area contributed by atoms with Gasteiger partial charge in [-0.05, 0) is 67.5 Å². The molecule has 200 valence electrons. The SMILES string of the molecule is CC(C(=O)O)[C@]1(O)[C@H](O)C[C@H](c2ccncc2NC(=O)c2ccc(F)c(-c3c(F)cccc3F)n2)C[C@@H]1C. The molecule has 1 aliphatic carbocycles. The van der Waals surface area contributed by atoms with E-state index >= 15 is 0 Å². The molecule has 11 heteroatoms. The lowest BCUT2D eigenvalue weighted by Crippen LogP contribution is -2.58. The van der Waals surface area contributed by atoms with E-state index in [2.05, 4.69) is 15.3 Å². The van der Waals surface area contributed by atoms with Crippen LogP contribution in [-0.4, -0.2) is 48.9 Å². The molecule has 1 fully saturated rings. The number of carboxylic acids is 1. The number of carbonyl (C=O) groups is 2. The van der Waals surface area contributed by atoms with Crippen molar-refractivity contribution >= 4 is 17.6 Å². The molecule has 1 unspecified atom stereocenters. The number of hydrogen-bond acceptors (Lipinski definition) is 6. The molecule has 0 spiro atoms. The Balaban J connectivity index is 1.61. The van der Waals surface area contributed by atoms with Crippen molar-refractivity contribution in [2.75, 3.05) is 5.32 Å². The first-order valence-electron chi connectivity index (χ1n) is 11.9. The summed E-state index contributed by atoms with van der Waals surface area (Å²) in [7, 11) is 0. The predicted octanol–water partition coefficient (Wildman–Crippen LogP) is 4.14. The van der Waals surface area contributed by atoms with Crippen molar-refractivity contribution in [1.29, 1.82) is 0 Å². The zero-order valence-electron chi connectivity index (χ0n) is 20.5. The van der Waals surface area contributed by atoms with Crippen molar-refractivity contribution in [3.63, 3.8) is 0 Å². The Labute approximate surface area is 216 Å². The molecule has 3 aromatic rings. The lowest BCUT2D eigenvalue weighted by atomic mass is 9.63. The number of aliphatic hydroxyl groups is 2. The van der Waals surface area contributed by atoms with E-state index in [0.29, 0.717) is 12.0 Å². The number of benzene rings is 1. The first-order valence-corrected chi connectivity index (χ1v) is 11.9. The summed E-state index contributed by atoms with van der Waals surface area (Å²) >= 11 is 0. The number of amides is 1. The van der Waals surface area contributed by atoms with E-state index in [0.717, 1.165) is 30.3 Å². The van der Waals surface area contributed by atoms with Gasteiger partial charge in [-0.2, -0.15) is 0 Å². The normalized spacial score (nSPS) is 24.0. The third-order valence-corrected chi connectivity index (χ3v) is 7.35. The van der Waals surface area contributed by atoms with E-state index in [1.54, 1.807) is 13.0 Å². The number of pyridine rings is 2. The number of anilines is 1. The molecular weight excluding hydrogens is 503 g/mol. The Kier molecular flexibility index (Phi) is 7.52. The van der Waals surface area contributed by atoms with Gasteiger partial charge in [0.25, 0.3) is 5.91 Å². The Hall–Kier alpha value is -3.83. The van der Waals surface area contributed by atoms with Crippen LogP contribution in [0, 0.1) is 29.3 Å². The molecule has 5 atom stereocenters. The molecule has 4 rings (SSSR count). The van der Waals surface area contributed by atoms with Crippen molar-refractivity contribution in [2.45, 2.75) is 44.3 Å². The first-order chi connectivity index (χ1) is 17.9. The van der Waals surface area contributed by atoms with Crippen LogP contribution < -0.4 is 5.32 Å². The minimum atomic E-state index is -1.84. The summed E-state index contributed by atoms with van der Waals surface area (Å²) in [6.07, 6.45) is 1.83. The second-order valence-corrected chi connectivity index (χ2v) is 9.57. The molecule has 38 heavy (non-hydrogen) atoms. The highest BCUT2D eigenvalue weighted by Crippen LogP contribution is 2.46. The lowest BCUT2D eigenvalue weighted by Gasteiger charge is -2.47. The number of nitrogens with one attached hydrogen (secondary N) is 1. The molecule has 0 radical (unpaired) electrons. The molecule has 8 nitrogen and oxygen atoms in total. The molecule has 1 aliphatic rings. The zero-order valence-corrected chi connectivity index (χ0v) is 20.5. The minimum absolute atomic E-state index is 0.0247. The van der Waals surface area contributed by atoms with Crippen molar-refractivity contribution in [1.82, 2.24) is 9.97 Å². The van der Waals surface area contributed by atoms with Crippen molar-refractivity contribution < 1.29 is 38.1 Å². The van der Waals surface area contributed by atoms with Crippen molar-refractivity contribution in [3.8, 4) is 11.3 Å². The second-order valence-electron chi connectivity index (χ2n) is 9.57. The van der Waals surface area contributed by atoms with E-state index in [1.165, 1.54) is 19.3 Å². The van der Waals surface area contributed by atoms with Crippen LogP contribution in [0.1, 0.15) is 48.7 Å². The predicted molar refractivity (Wildman–Crippen MR) is 131 cm³/mol. The van der Waals surface area contributed by atoms with E-state index in [9.17, 15) is 38.1 Å². The molecule has 1 aromatic carbocycles. The summed E-state index contributed by atoms with van der Waals surface area (Å²) in [5, 5.41) is 33.9. The molecule has 0 saturated heterocycles. The van der Waals surface area contributed by atoms with Gasteiger partial charge in [0.2, 0.25) is 0 Å². The van der Waals surface area contributed by atoms with Crippen LogP contribution in [0.2, 0.25) is 0 Å². The van der Waals surface area contributed by atoms with Gasteiger partial charge >= 0.3 is 5.97 Å².